The van der Waals surface area contributed by atoms with E-state index in [0.29, 0.717) is 5.41 Å². The van der Waals surface area contributed by atoms with Crippen LogP contribution >= 0.6 is 0 Å². The number of rotatable bonds is 2. The zero-order valence-corrected chi connectivity index (χ0v) is 9.80. The molecule has 0 radical (unpaired) electrons. The van der Waals surface area contributed by atoms with Crippen molar-refractivity contribution < 1.29 is 9.47 Å². The van der Waals surface area contributed by atoms with Crippen LogP contribution in [0.15, 0.2) is 0 Å². The average Bonchev–Trinajstić information content (AvgIpc) is 2.46. The van der Waals surface area contributed by atoms with Crippen LogP contribution in [0, 0.1) is 17.3 Å². The Morgan fingerprint density at radius 2 is 1.29 bits per heavy atom. The van der Waals surface area contributed by atoms with Crippen LogP contribution in [0.3, 0.4) is 0 Å². The van der Waals surface area contributed by atoms with Gasteiger partial charge in [-0.05, 0) is 17.3 Å². The van der Waals surface area contributed by atoms with E-state index in [2.05, 4.69) is 27.7 Å². The third-order valence-electron chi connectivity index (χ3n) is 4.31. The first-order valence-electron chi connectivity index (χ1n) is 5.79. The van der Waals surface area contributed by atoms with E-state index < -0.39 is 0 Å². The minimum atomic E-state index is -0.186. The Morgan fingerprint density at radius 3 is 1.64 bits per heavy atom. The van der Waals surface area contributed by atoms with Crippen LogP contribution < -0.4 is 0 Å². The molecule has 0 aromatic carbocycles. The highest BCUT2D eigenvalue weighted by Gasteiger charge is 2.60. The maximum absolute atomic E-state index is 5.71. The van der Waals surface area contributed by atoms with Crippen molar-refractivity contribution >= 4 is 0 Å². The summed E-state index contributed by atoms with van der Waals surface area (Å²) < 4.78 is 11.4. The summed E-state index contributed by atoms with van der Waals surface area (Å²) in [5.74, 6) is 1.26. The molecule has 2 rings (SSSR count). The molecular formula is C12H22O2. The fraction of sp³-hybridized carbons (Fsp3) is 1.00. The van der Waals surface area contributed by atoms with Crippen molar-refractivity contribution in [1.82, 2.24) is 0 Å². The van der Waals surface area contributed by atoms with Crippen molar-refractivity contribution in [2.24, 2.45) is 17.3 Å². The molecule has 2 nitrogen and oxygen atoms in total. The summed E-state index contributed by atoms with van der Waals surface area (Å²) >= 11 is 0. The summed E-state index contributed by atoms with van der Waals surface area (Å²) in [7, 11) is 0. The largest absolute Gasteiger partial charge is 0.347 e. The van der Waals surface area contributed by atoms with Crippen LogP contribution in [0.4, 0.5) is 0 Å². The predicted octanol–water partition coefficient (Wildman–Crippen LogP) is 2.82. The highest BCUT2D eigenvalue weighted by Crippen LogP contribution is 2.60. The minimum Gasteiger partial charge on any atom is -0.347 e. The maximum atomic E-state index is 5.71. The second-order valence-corrected chi connectivity index (χ2v) is 5.50. The van der Waals surface area contributed by atoms with Crippen LogP contribution in [0.5, 0.6) is 0 Å². The lowest BCUT2D eigenvalue weighted by molar-refractivity contribution is -0.283. The summed E-state index contributed by atoms with van der Waals surface area (Å²) in [4.78, 5) is 0. The van der Waals surface area contributed by atoms with E-state index in [4.69, 9.17) is 9.47 Å². The SMILES string of the molecule is CC(C)C1(C(C)C)CC2(C1)OCCO2. The Bertz CT molecular complexity index is 196. The van der Waals surface area contributed by atoms with Crippen LogP contribution in [0.1, 0.15) is 40.5 Å². The summed E-state index contributed by atoms with van der Waals surface area (Å²) in [5.41, 5.74) is 0.449. The smallest absolute Gasteiger partial charge is 0.169 e. The monoisotopic (exact) mass is 198 g/mol. The Hall–Kier alpha value is -0.0800. The first-order chi connectivity index (χ1) is 6.51. The van der Waals surface area contributed by atoms with Crippen molar-refractivity contribution in [1.29, 1.82) is 0 Å². The van der Waals surface area contributed by atoms with Gasteiger partial charge in [0.2, 0.25) is 0 Å². The molecule has 1 aliphatic carbocycles. The first kappa shape index (κ1) is 10.4. The number of hydrogen-bond acceptors (Lipinski definition) is 2. The van der Waals surface area contributed by atoms with E-state index in [1.807, 2.05) is 0 Å². The summed E-state index contributed by atoms with van der Waals surface area (Å²) in [6, 6.07) is 0. The second-order valence-electron chi connectivity index (χ2n) is 5.50. The molecule has 2 aliphatic rings. The second kappa shape index (κ2) is 3.21. The van der Waals surface area contributed by atoms with E-state index in [-0.39, 0.29) is 5.79 Å². The molecule has 2 fully saturated rings. The molecule has 0 N–H and O–H groups in total. The lowest BCUT2D eigenvalue weighted by Crippen LogP contribution is -2.57. The van der Waals surface area contributed by atoms with Crippen LogP contribution in [0.2, 0.25) is 0 Å². The van der Waals surface area contributed by atoms with E-state index in [1.54, 1.807) is 0 Å². The molecule has 0 unspecified atom stereocenters. The number of ether oxygens (including phenoxy) is 2. The van der Waals surface area contributed by atoms with Crippen molar-refractivity contribution in [3.8, 4) is 0 Å². The van der Waals surface area contributed by atoms with Crippen molar-refractivity contribution in [3.05, 3.63) is 0 Å². The molecule has 1 saturated carbocycles. The standard InChI is InChI=1S/C12H22O2/c1-9(2)11(10(3)4)7-12(8-11)13-5-6-14-12/h9-10H,5-8H2,1-4H3. The van der Waals surface area contributed by atoms with E-state index in [9.17, 15) is 0 Å². The molecular weight excluding hydrogens is 176 g/mol. The molecule has 1 spiro atoms. The molecule has 0 bridgehead atoms. The van der Waals surface area contributed by atoms with Crippen LogP contribution in [0.25, 0.3) is 0 Å². The van der Waals surface area contributed by atoms with Gasteiger partial charge in [-0.2, -0.15) is 0 Å². The lowest BCUT2D eigenvalue weighted by Gasteiger charge is -2.57. The molecule has 0 amide bonds. The molecule has 2 heteroatoms. The van der Waals surface area contributed by atoms with Crippen molar-refractivity contribution in [2.75, 3.05) is 13.2 Å². The van der Waals surface area contributed by atoms with Crippen LogP contribution in [-0.2, 0) is 9.47 Å². The summed E-state index contributed by atoms with van der Waals surface area (Å²) in [6.07, 6.45) is 2.19. The third kappa shape index (κ3) is 1.31. The fourth-order valence-electron chi connectivity index (χ4n) is 3.14. The average molecular weight is 198 g/mol. The van der Waals surface area contributed by atoms with Gasteiger partial charge in [0.15, 0.2) is 5.79 Å². The van der Waals surface area contributed by atoms with Crippen LogP contribution in [-0.4, -0.2) is 19.0 Å². The Balaban J connectivity index is 2.06. The van der Waals surface area contributed by atoms with E-state index in [0.717, 1.165) is 37.9 Å². The molecule has 82 valence electrons. The van der Waals surface area contributed by atoms with Gasteiger partial charge in [-0.25, -0.2) is 0 Å². The lowest BCUT2D eigenvalue weighted by atomic mass is 9.53. The Morgan fingerprint density at radius 1 is 0.857 bits per heavy atom. The van der Waals surface area contributed by atoms with Gasteiger partial charge < -0.3 is 9.47 Å². The van der Waals surface area contributed by atoms with Crippen molar-refractivity contribution in [2.45, 2.75) is 46.3 Å². The molecule has 1 aliphatic heterocycles. The topological polar surface area (TPSA) is 18.5 Å². The summed E-state index contributed by atoms with van der Waals surface area (Å²) in [5, 5.41) is 0. The van der Waals surface area contributed by atoms with Gasteiger partial charge in [0, 0.05) is 12.8 Å². The molecule has 0 aromatic heterocycles. The highest BCUT2D eigenvalue weighted by molar-refractivity contribution is 5.04. The molecule has 0 aromatic rings. The van der Waals surface area contributed by atoms with E-state index in [1.165, 1.54) is 0 Å². The molecule has 1 saturated heterocycles. The summed E-state index contributed by atoms with van der Waals surface area (Å²) in [6.45, 7) is 10.9. The Kier molecular flexibility index (Phi) is 2.39. The van der Waals surface area contributed by atoms with Gasteiger partial charge in [-0.15, -0.1) is 0 Å². The Labute approximate surface area is 87.0 Å². The van der Waals surface area contributed by atoms with Gasteiger partial charge in [-0.3, -0.25) is 0 Å². The number of hydrogen-bond donors (Lipinski definition) is 0. The van der Waals surface area contributed by atoms with Gasteiger partial charge >= 0.3 is 0 Å². The predicted molar refractivity (Wildman–Crippen MR) is 56.0 cm³/mol. The fourth-order valence-corrected chi connectivity index (χ4v) is 3.14. The zero-order valence-electron chi connectivity index (χ0n) is 9.80. The van der Waals surface area contributed by atoms with Gasteiger partial charge in [-0.1, -0.05) is 27.7 Å². The maximum Gasteiger partial charge on any atom is 0.169 e. The molecule has 14 heavy (non-hydrogen) atoms. The van der Waals surface area contributed by atoms with Crippen molar-refractivity contribution in [3.63, 3.8) is 0 Å². The first-order valence-corrected chi connectivity index (χ1v) is 5.79. The highest BCUT2D eigenvalue weighted by atomic mass is 16.7. The molecule has 0 atom stereocenters. The quantitative estimate of drug-likeness (QED) is 0.679. The third-order valence-corrected chi connectivity index (χ3v) is 4.31. The molecule has 1 heterocycles. The minimum absolute atomic E-state index is 0.186. The normalized spacial score (nSPS) is 28.7. The van der Waals surface area contributed by atoms with Gasteiger partial charge in [0.1, 0.15) is 0 Å². The van der Waals surface area contributed by atoms with Gasteiger partial charge in [0.05, 0.1) is 13.2 Å². The van der Waals surface area contributed by atoms with E-state index >= 15 is 0 Å². The van der Waals surface area contributed by atoms with Gasteiger partial charge in [0.25, 0.3) is 0 Å². The zero-order chi connectivity index (χ0) is 10.4.